The van der Waals surface area contributed by atoms with E-state index in [2.05, 4.69) is 10.1 Å². The van der Waals surface area contributed by atoms with Gasteiger partial charge in [-0.25, -0.2) is 0 Å². The van der Waals surface area contributed by atoms with Crippen molar-refractivity contribution in [3.63, 3.8) is 0 Å². The van der Waals surface area contributed by atoms with Gasteiger partial charge in [-0.2, -0.15) is 0 Å². The Kier molecular flexibility index (Phi) is 5.43. The Morgan fingerprint density at radius 1 is 1.36 bits per heavy atom. The maximum absolute atomic E-state index is 12.1. The number of thioether (sulfide) groups is 1. The van der Waals surface area contributed by atoms with Gasteiger partial charge in [0.1, 0.15) is 6.54 Å². The quantitative estimate of drug-likeness (QED) is 0.648. The average molecular weight is 322 g/mol. The van der Waals surface area contributed by atoms with E-state index >= 15 is 0 Å². The number of nitrogens with one attached hydrogen (secondary N) is 1. The van der Waals surface area contributed by atoms with Crippen molar-refractivity contribution < 1.29 is 19.1 Å². The Morgan fingerprint density at radius 3 is 2.64 bits per heavy atom. The maximum Gasteiger partial charge on any atom is 0.325 e. The van der Waals surface area contributed by atoms with Gasteiger partial charge in [-0.1, -0.05) is 0 Å². The highest BCUT2D eigenvalue weighted by atomic mass is 32.2. The number of nitrogens with zero attached hydrogens (tertiary/aromatic N) is 1. The van der Waals surface area contributed by atoms with Gasteiger partial charge in [0.05, 0.1) is 13.0 Å². The summed E-state index contributed by atoms with van der Waals surface area (Å²) >= 11 is 1.63. The summed E-state index contributed by atoms with van der Waals surface area (Å²) in [6, 6.07) is 7.63. The van der Waals surface area contributed by atoms with Gasteiger partial charge in [0.2, 0.25) is 11.8 Å². The van der Waals surface area contributed by atoms with Crippen molar-refractivity contribution in [1.82, 2.24) is 5.32 Å². The molecular formula is C15H18N2O4S. The van der Waals surface area contributed by atoms with Crippen LogP contribution in [-0.2, 0) is 19.1 Å². The summed E-state index contributed by atoms with van der Waals surface area (Å²) < 4.78 is 4.46. The van der Waals surface area contributed by atoms with E-state index in [-0.39, 0.29) is 24.8 Å². The molecule has 1 unspecified atom stereocenters. The normalized spacial score (nSPS) is 17.5. The lowest BCUT2D eigenvalue weighted by Gasteiger charge is -2.17. The fraction of sp³-hybridized carbons (Fsp3) is 0.400. The molecule has 0 saturated carbocycles. The summed E-state index contributed by atoms with van der Waals surface area (Å²) in [6.45, 7) is 0.146. The van der Waals surface area contributed by atoms with Crippen molar-refractivity contribution in [2.45, 2.75) is 11.3 Å². The van der Waals surface area contributed by atoms with Gasteiger partial charge in [0, 0.05) is 23.5 Å². The number of ether oxygens (including phenoxy) is 1. The first kappa shape index (κ1) is 16.4. The van der Waals surface area contributed by atoms with Crippen LogP contribution in [0.1, 0.15) is 6.42 Å². The van der Waals surface area contributed by atoms with Crippen LogP contribution in [0.4, 0.5) is 5.69 Å². The predicted molar refractivity (Wildman–Crippen MR) is 83.7 cm³/mol. The first-order valence-electron chi connectivity index (χ1n) is 6.84. The van der Waals surface area contributed by atoms with Gasteiger partial charge < -0.3 is 15.0 Å². The van der Waals surface area contributed by atoms with E-state index < -0.39 is 11.9 Å². The summed E-state index contributed by atoms with van der Waals surface area (Å²) in [4.78, 5) is 37.8. The Hall–Kier alpha value is -2.02. The number of hydrogen-bond acceptors (Lipinski definition) is 5. The first-order chi connectivity index (χ1) is 10.5. The predicted octanol–water partition coefficient (Wildman–Crippen LogP) is 1.05. The molecule has 2 amide bonds. The summed E-state index contributed by atoms with van der Waals surface area (Å²) in [5, 5.41) is 2.49. The van der Waals surface area contributed by atoms with E-state index in [1.165, 1.54) is 7.11 Å². The Morgan fingerprint density at radius 2 is 2.05 bits per heavy atom. The third kappa shape index (κ3) is 3.79. The summed E-state index contributed by atoms with van der Waals surface area (Å²) in [5.41, 5.74) is 0.783. The van der Waals surface area contributed by atoms with Crippen molar-refractivity contribution in [1.29, 1.82) is 0 Å². The topological polar surface area (TPSA) is 75.7 Å². The molecule has 7 heteroatoms. The smallest absolute Gasteiger partial charge is 0.325 e. The number of methoxy groups -OCH3 is 1. The lowest BCUT2D eigenvalue weighted by atomic mass is 10.1. The molecule has 1 fully saturated rings. The number of amides is 2. The van der Waals surface area contributed by atoms with Crippen LogP contribution in [0.5, 0.6) is 0 Å². The van der Waals surface area contributed by atoms with Crippen LogP contribution in [0.25, 0.3) is 0 Å². The van der Waals surface area contributed by atoms with E-state index in [1.54, 1.807) is 16.7 Å². The molecule has 1 aromatic carbocycles. The van der Waals surface area contributed by atoms with Crippen LogP contribution < -0.4 is 10.2 Å². The summed E-state index contributed by atoms with van der Waals surface area (Å²) in [7, 11) is 1.26. The van der Waals surface area contributed by atoms with Gasteiger partial charge >= 0.3 is 5.97 Å². The lowest BCUT2D eigenvalue weighted by molar-refractivity contribution is -0.141. The second-order valence-corrected chi connectivity index (χ2v) is 5.78. The Bertz CT molecular complexity index is 573. The van der Waals surface area contributed by atoms with Gasteiger partial charge in [-0.15, -0.1) is 11.8 Å². The van der Waals surface area contributed by atoms with Crippen LogP contribution in [0.2, 0.25) is 0 Å². The molecule has 22 heavy (non-hydrogen) atoms. The number of benzene rings is 1. The first-order valence-corrected chi connectivity index (χ1v) is 8.06. The van der Waals surface area contributed by atoms with Crippen LogP contribution >= 0.6 is 11.8 Å². The molecule has 0 spiro atoms. The zero-order chi connectivity index (χ0) is 16.1. The van der Waals surface area contributed by atoms with E-state index in [9.17, 15) is 14.4 Å². The molecule has 118 valence electrons. The minimum Gasteiger partial charge on any atom is -0.468 e. The van der Waals surface area contributed by atoms with Gasteiger partial charge in [0.15, 0.2) is 0 Å². The van der Waals surface area contributed by atoms with Crippen molar-refractivity contribution in [3.8, 4) is 0 Å². The number of hydrogen-bond donors (Lipinski definition) is 1. The maximum atomic E-state index is 12.1. The molecule has 1 atom stereocenters. The molecule has 6 nitrogen and oxygen atoms in total. The molecule has 2 rings (SSSR count). The Labute approximate surface area is 133 Å². The standard InChI is InChI=1S/C15H18N2O4S/c1-21-14(19)8-16-15(20)10-7-13(18)17(9-10)11-3-5-12(22-2)6-4-11/h3-6,10H,7-9H2,1-2H3,(H,16,20). The minimum absolute atomic E-state index is 0.0879. The van der Waals surface area contributed by atoms with Crippen molar-refractivity contribution in [2.75, 3.05) is 31.4 Å². The highest BCUT2D eigenvalue weighted by Gasteiger charge is 2.35. The molecule has 1 saturated heterocycles. The van der Waals surface area contributed by atoms with Crippen LogP contribution in [0, 0.1) is 5.92 Å². The number of carbonyl (C=O) groups is 3. The zero-order valence-corrected chi connectivity index (χ0v) is 13.3. The molecule has 1 aliphatic heterocycles. The molecule has 1 aliphatic rings. The fourth-order valence-corrected chi connectivity index (χ4v) is 2.68. The molecular weight excluding hydrogens is 304 g/mol. The minimum atomic E-state index is -0.512. The van der Waals surface area contributed by atoms with Gasteiger partial charge in [0.25, 0.3) is 0 Å². The molecule has 0 aromatic heterocycles. The highest BCUT2D eigenvalue weighted by Crippen LogP contribution is 2.27. The average Bonchev–Trinajstić information content (AvgIpc) is 2.94. The fourth-order valence-electron chi connectivity index (χ4n) is 2.27. The molecule has 0 radical (unpaired) electrons. The third-order valence-corrected chi connectivity index (χ3v) is 4.26. The van der Waals surface area contributed by atoms with E-state index in [4.69, 9.17) is 0 Å². The van der Waals surface area contributed by atoms with Crippen molar-refractivity contribution >= 4 is 35.2 Å². The van der Waals surface area contributed by atoms with Crippen LogP contribution in [0.15, 0.2) is 29.2 Å². The van der Waals surface area contributed by atoms with E-state index in [0.29, 0.717) is 6.54 Å². The lowest BCUT2D eigenvalue weighted by Crippen LogP contribution is -2.36. The van der Waals surface area contributed by atoms with Gasteiger partial charge in [-0.05, 0) is 30.5 Å². The van der Waals surface area contributed by atoms with Crippen molar-refractivity contribution in [2.24, 2.45) is 5.92 Å². The zero-order valence-electron chi connectivity index (χ0n) is 12.5. The monoisotopic (exact) mass is 322 g/mol. The Balaban J connectivity index is 1.97. The summed E-state index contributed by atoms with van der Waals surface area (Å²) in [5.74, 6) is -1.35. The van der Waals surface area contributed by atoms with Gasteiger partial charge in [-0.3, -0.25) is 14.4 Å². The number of carbonyl (C=O) groups excluding carboxylic acids is 3. The molecule has 1 heterocycles. The van der Waals surface area contributed by atoms with Crippen LogP contribution in [-0.4, -0.2) is 44.2 Å². The van der Waals surface area contributed by atoms with E-state index in [0.717, 1.165) is 10.6 Å². The number of rotatable bonds is 5. The largest absolute Gasteiger partial charge is 0.468 e. The summed E-state index contributed by atoms with van der Waals surface area (Å²) in [6.07, 6.45) is 2.13. The molecule has 1 N–H and O–H groups in total. The SMILES string of the molecule is COC(=O)CNC(=O)C1CC(=O)N(c2ccc(SC)cc2)C1. The number of anilines is 1. The molecule has 0 aliphatic carbocycles. The second kappa shape index (κ2) is 7.31. The highest BCUT2D eigenvalue weighted by molar-refractivity contribution is 7.98. The molecule has 1 aromatic rings. The third-order valence-electron chi connectivity index (χ3n) is 3.51. The van der Waals surface area contributed by atoms with Crippen molar-refractivity contribution in [3.05, 3.63) is 24.3 Å². The second-order valence-electron chi connectivity index (χ2n) is 4.90. The van der Waals surface area contributed by atoms with Crippen LogP contribution in [0.3, 0.4) is 0 Å². The molecule has 0 bridgehead atoms. The van der Waals surface area contributed by atoms with E-state index in [1.807, 2.05) is 30.5 Å². The number of esters is 1.